The smallest absolute Gasteiger partial charge is 0.425 e. The molecule has 6 nitrogen and oxygen atoms in total. The Hall–Kier alpha value is -1.89. The maximum atomic E-state index is 13.6. The van der Waals surface area contributed by atoms with E-state index in [1.807, 2.05) is 0 Å². The van der Waals surface area contributed by atoms with Gasteiger partial charge in [-0.25, -0.2) is 9.13 Å². The SMILES string of the molecule is Cc1nn(C)c(C(=O)NCc2cc(Cl)c(OC(F)(F)C(F)OC(F)(F)F)c(Cl)c2)c1Cl. The zero-order chi connectivity index (χ0) is 23.7. The molecule has 31 heavy (non-hydrogen) atoms. The monoisotopic (exact) mass is 513 g/mol. The lowest BCUT2D eigenvalue weighted by atomic mass is 10.2. The van der Waals surface area contributed by atoms with Crippen LogP contribution in [-0.2, 0) is 18.3 Å². The third kappa shape index (κ3) is 6.31. The van der Waals surface area contributed by atoms with Crippen LogP contribution in [0.15, 0.2) is 12.1 Å². The minimum Gasteiger partial charge on any atom is -0.425 e. The van der Waals surface area contributed by atoms with E-state index in [0.29, 0.717) is 5.69 Å². The number of nitrogens with zero attached hydrogens (tertiary/aromatic N) is 2. The third-order valence-corrected chi connectivity index (χ3v) is 4.63. The topological polar surface area (TPSA) is 65.4 Å². The first kappa shape index (κ1) is 25.4. The van der Waals surface area contributed by atoms with E-state index in [1.54, 1.807) is 6.92 Å². The van der Waals surface area contributed by atoms with Gasteiger partial charge in [0.05, 0.1) is 20.8 Å². The molecule has 0 aliphatic carbocycles. The van der Waals surface area contributed by atoms with E-state index < -0.39 is 40.5 Å². The van der Waals surface area contributed by atoms with Crippen molar-refractivity contribution in [1.82, 2.24) is 15.1 Å². The molecule has 1 aromatic carbocycles. The minimum atomic E-state index is -5.67. The minimum absolute atomic E-state index is 0.0645. The number of halogens is 9. The van der Waals surface area contributed by atoms with Crippen LogP contribution < -0.4 is 10.1 Å². The predicted octanol–water partition coefficient (Wildman–Crippen LogP) is 5.42. The summed E-state index contributed by atoms with van der Waals surface area (Å²) in [5.41, 5.74) is 0.690. The van der Waals surface area contributed by atoms with Crippen molar-refractivity contribution in [2.75, 3.05) is 0 Å². The number of rotatable bonds is 7. The second kappa shape index (κ2) is 9.31. The number of carbonyl (C=O) groups excluding carboxylic acids is 1. The maximum absolute atomic E-state index is 13.6. The largest absolute Gasteiger partial charge is 0.525 e. The van der Waals surface area contributed by atoms with E-state index in [4.69, 9.17) is 34.8 Å². The molecule has 0 aliphatic rings. The van der Waals surface area contributed by atoms with Crippen LogP contribution in [0.4, 0.5) is 26.3 Å². The second-order valence-corrected chi connectivity index (χ2v) is 7.18. The molecule has 0 saturated heterocycles. The van der Waals surface area contributed by atoms with Gasteiger partial charge in [-0.2, -0.15) is 13.9 Å². The lowest BCUT2D eigenvalue weighted by Gasteiger charge is -2.23. The Morgan fingerprint density at radius 3 is 2.19 bits per heavy atom. The van der Waals surface area contributed by atoms with Gasteiger partial charge >= 0.3 is 18.8 Å². The van der Waals surface area contributed by atoms with Crippen LogP contribution in [0.3, 0.4) is 0 Å². The molecule has 1 heterocycles. The molecule has 0 aliphatic heterocycles. The molecular weight excluding hydrogens is 503 g/mol. The number of benzene rings is 1. The molecule has 1 unspecified atom stereocenters. The van der Waals surface area contributed by atoms with Gasteiger partial charge in [0.1, 0.15) is 5.69 Å². The summed E-state index contributed by atoms with van der Waals surface area (Å²) in [7, 11) is 1.49. The molecule has 0 fully saturated rings. The molecule has 2 aromatic rings. The van der Waals surface area contributed by atoms with E-state index in [2.05, 4.69) is 19.9 Å². The van der Waals surface area contributed by atoms with Gasteiger partial charge in [-0.3, -0.25) is 9.48 Å². The molecule has 0 radical (unpaired) electrons. The van der Waals surface area contributed by atoms with Crippen molar-refractivity contribution >= 4 is 40.7 Å². The first-order chi connectivity index (χ1) is 14.1. The van der Waals surface area contributed by atoms with Gasteiger partial charge in [0.2, 0.25) is 0 Å². The normalized spacial score (nSPS) is 13.3. The van der Waals surface area contributed by atoms with Crippen molar-refractivity contribution in [3.05, 3.63) is 44.2 Å². The van der Waals surface area contributed by atoms with Gasteiger partial charge in [-0.1, -0.05) is 34.8 Å². The first-order valence-corrected chi connectivity index (χ1v) is 9.16. The van der Waals surface area contributed by atoms with Crippen molar-refractivity contribution in [1.29, 1.82) is 0 Å². The zero-order valence-electron chi connectivity index (χ0n) is 15.5. The molecule has 1 amide bonds. The number of ether oxygens (including phenoxy) is 2. The van der Waals surface area contributed by atoms with Crippen molar-refractivity contribution in [3.8, 4) is 5.75 Å². The lowest BCUT2D eigenvalue weighted by molar-refractivity contribution is -0.411. The average molecular weight is 515 g/mol. The number of hydrogen-bond donors (Lipinski definition) is 1. The van der Waals surface area contributed by atoms with E-state index >= 15 is 0 Å². The molecule has 0 bridgehead atoms. The summed E-state index contributed by atoms with van der Waals surface area (Å²) in [5.74, 6) is -1.60. The Kier molecular flexibility index (Phi) is 7.62. The predicted molar refractivity (Wildman–Crippen MR) is 98.2 cm³/mol. The number of alkyl halides is 6. The van der Waals surface area contributed by atoms with Gasteiger partial charge in [0.25, 0.3) is 5.91 Å². The highest BCUT2D eigenvalue weighted by molar-refractivity contribution is 6.37. The number of aromatic nitrogens is 2. The summed E-state index contributed by atoms with van der Waals surface area (Å²) in [6.07, 6.45) is -14.9. The molecule has 172 valence electrons. The Morgan fingerprint density at radius 2 is 1.74 bits per heavy atom. The highest BCUT2D eigenvalue weighted by Crippen LogP contribution is 2.40. The van der Waals surface area contributed by atoms with E-state index in [1.165, 1.54) is 11.7 Å². The van der Waals surface area contributed by atoms with Crippen LogP contribution in [-0.4, -0.2) is 34.5 Å². The van der Waals surface area contributed by atoms with E-state index in [0.717, 1.165) is 12.1 Å². The fourth-order valence-corrected chi connectivity index (χ4v) is 3.18. The van der Waals surface area contributed by atoms with Crippen molar-refractivity contribution in [2.24, 2.45) is 7.05 Å². The summed E-state index contributed by atoms with van der Waals surface area (Å²) in [5, 5.41) is 5.43. The van der Waals surface area contributed by atoms with E-state index in [-0.39, 0.29) is 22.8 Å². The van der Waals surface area contributed by atoms with Gasteiger partial charge in [-0.15, -0.1) is 13.2 Å². The Morgan fingerprint density at radius 1 is 1.19 bits per heavy atom. The number of amides is 1. The standard InChI is InChI=1S/C16H12Cl3F6N3O3/c1-6-10(19)11(28(2)27-6)13(29)26-5-7-3-8(17)12(9(18)4-7)30-15(21,22)14(20)31-16(23,24)25/h3-4,14H,5H2,1-2H3,(H,26,29). The van der Waals surface area contributed by atoms with Crippen molar-refractivity contribution in [3.63, 3.8) is 0 Å². The quantitative estimate of drug-likeness (QED) is 0.501. The van der Waals surface area contributed by atoms with Crippen LogP contribution in [0.2, 0.25) is 15.1 Å². The number of carbonyl (C=O) groups is 1. The fraction of sp³-hybridized carbons (Fsp3) is 0.375. The lowest BCUT2D eigenvalue weighted by Crippen LogP contribution is -2.41. The Balaban J connectivity index is 2.14. The molecule has 2 rings (SSSR count). The van der Waals surface area contributed by atoms with Gasteiger partial charge in [0, 0.05) is 13.6 Å². The van der Waals surface area contributed by atoms with Crippen LogP contribution in [0.25, 0.3) is 0 Å². The van der Waals surface area contributed by atoms with Gasteiger partial charge in [0.15, 0.2) is 5.75 Å². The third-order valence-electron chi connectivity index (χ3n) is 3.61. The fourth-order valence-electron chi connectivity index (χ4n) is 2.33. The summed E-state index contributed by atoms with van der Waals surface area (Å²) in [4.78, 5) is 12.3. The van der Waals surface area contributed by atoms with Crippen LogP contribution in [0.1, 0.15) is 21.7 Å². The molecule has 0 saturated carbocycles. The number of aryl methyl sites for hydroxylation is 2. The van der Waals surface area contributed by atoms with E-state index in [9.17, 15) is 31.1 Å². The van der Waals surface area contributed by atoms with Crippen molar-refractivity contribution < 1.29 is 40.6 Å². The molecule has 0 spiro atoms. The number of nitrogens with one attached hydrogen (secondary N) is 1. The zero-order valence-corrected chi connectivity index (χ0v) is 17.7. The van der Waals surface area contributed by atoms with Crippen LogP contribution in [0.5, 0.6) is 5.75 Å². The average Bonchev–Trinajstić information content (AvgIpc) is 2.86. The maximum Gasteiger partial charge on any atom is 0.525 e. The molecule has 1 aromatic heterocycles. The summed E-state index contributed by atoms with van der Waals surface area (Å²) in [6.45, 7) is 1.40. The molecule has 1 N–H and O–H groups in total. The summed E-state index contributed by atoms with van der Waals surface area (Å²) >= 11 is 17.6. The molecular formula is C16H12Cl3F6N3O3. The second-order valence-electron chi connectivity index (χ2n) is 5.99. The highest BCUT2D eigenvalue weighted by atomic mass is 35.5. The van der Waals surface area contributed by atoms with Gasteiger partial charge < -0.3 is 10.1 Å². The van der Waals surface area contributed by atoms with Crippen LogP contribution in [0, 0.1) is 6.92 Å². The summed E-state index contributed by atoms with van der Waals surface area (Å²) in [6, 6.07) is 2.07. The molecule has 15 heteroatoms. The molecule has 1 atom stereocenters. The first-order valence-electron chi connectivity index (χ1n) is 8.03. The Bertz CT molecular complexity index is 960. The highest BCUT2D eigenvalue weighted by Gasteiger charge is 2.51. The van der Waals surface area contributed by atoms with Gasteiger partial charge in [-0.05, 0) is 24.6 Å². The summed E-state index contributed by atoms with van der Waals surface area (Å²) < 4.78 is 84.0. The number of hydrogen-bond acceptors (Lipinski definition) is 4. The van der Waals surface area contributed by atoms with Crippen LogP contribution >= 0.6 is 34.8 Å². The van der Waals surface area contributed by atoms with Crippen molar-refractivity contribution in [2.45, 2.75) is 32.3 Å². The Labute approximate surface area is 185 Å².